The highest BCUT2D eigenvalue weighted by atomic mass is 16.3. The summed E-state index contributed by atoms with van der Waals surface area (Å²) < 4.78 is 0. The van der Waals surface area contributed by atoms with Crippen molar-refractivity contribution in [3.63, 3.8) is 0 Å². The van der Waals surface area contributed by atoms with E-state index in [-0.39, 0.29) is 18.6 Å². The van der Waals surface area contributed by atoms with Crippen molar-refractivity contribution in [3.05, 3.63) is 0 Å². The number of unbranched alkanes of at least 4 members (excludes halogenated alkanes) is 13. The fourth-order valence-electron chi connectivity index (χ4n) is 3.35. The van der Waals surface area contributed by atoms with Crippen LogP contribution in [-0.4, -0.2) is 23.7 Å². The first-order valence-electron chi connectivity index (χ1n) is 11.5. The van der Waals surface area contributed by atoms with E-state index in [1.54, 1.807) is 0 Å². The van der Waals surface area contributed by atoms with Crippen LogP contribution in [-0.2, 0) is 4.79 Å². The Balaban J connectivity index is 3.12. The van der Waals surface area contributed by atoms with Gasteiger partial charge in [0, 0.05) is 12.5 Å². The Hall–Kier alpha value is -0.570. The van der Waals surface area contributed by atoms with Gasteiger partial charge in [-0.3, -0.25) is 4.79 Å². The third-order valence-corrected chi connectivity index (χ3v) is 5.12. The summed E-state index contributed by atoms with van der Waals surface area (Å²) in [5.41, 5.74) is 0. The maximum absolute atomic E-state index is 11.6. The van der Waals surface area contributed by atoms with E-state index < -0.39 is 0 Å². The van der Waals surface area contributed by atoms with Gasteiger partial charge in [0.05, 0.1) is 6.61 Å². The Morgan fingerprint density at radius 2 is 1.08 bits per heavy atom. The number of hydrogen-bond acceptors (Lipinski definition) is 2. The summed E-state index contributed by atoms with van der Waals surface area (Å²) in [7, 11) is 0. The van der Waals surface area contributed by atoms with Crippen LogP contribution in [0.2, 0.25) is 0 Å². The maximum Gasteiger partial charge on any atom is 0.220 e. The van der Waals surface area contributed by atoms with E-state index in [1.807, 2.05) is 6.92 Å². The minimum Gasteiger partial charge on any atom is -0.394 e. The minimum absolute atomic E-state index is 0.0179. The summed E-state index contributed by atoms with van der Waals surface area (Å²) >= 11 is 0. The molecule has 1 amide bonds. The van der Waals surface area contributed by atoms with E-state index in [1.165, 1.54) is 83.5 Å². The van der Waals surface area contributed by atoms with Gasteiger partial charge in [-0.15, -0.1) is 0 Å². The van der Waals surface area contributed by atoms with Gasteiger partial charge in [0.1, 0.15) is 0 Å². The van der Waals surface area contributed by atoms with Gasteiger partial charge in [0.15, 0.2) is 0 Å². The molecule has 0 saturated heterocycles. The molecule has 0 radical (unpaired) electrons. The van der Waals surface area contributed by atoms with Gasteiger partial charge in [0.2, 0.25) is 5.91 Å². The summed E-state index contributed by atoms with van der Waals surface area (Å²) in [5.74, 6) is 0.946. The molecular weight excluding hydrogens is 322 g/mol. The monoisotopic (exact) mass is 369 g/mol. The van der Waals surface area contributed by atoms with Gasteiger partial charge in [0.25, 0.3) is 0 Å². The van der Waals surface area contributed by atoms with Crippen LogP contribution in [0.5, 0.6) is 0 Å². The lowest BCUT2D eigenvalue weighted by Gasteiger charge is -2.10. The van der Waals surface area contributed by atoms with Crippen molar-refractivity contribution in [1.29, 1.82) is 0 Å². The van der Waals surface area contributed by atoms with Crippen molar-refractivity contribution in [2.24, 2.45) is 5.92 Å². The number of carbonyl (C=O) groups is 1. The lowest BCUT2D eigenvalue weighted by atomic mass is 10.0. The second-order valence-electron chi connectivity index (χ2n) is 8.53. The highest BCUT2D eigenvalue weighted by Gasteiger charge is 2.05. The molecule has 0 aliphatic carbocycles. The molecule has 0 aliphatic rings. The number of amides is 1. The molecule has 0 saturated carbocycles. The van der Waals surface area contributed by atoms with Gasteiger partial charge in [-0.05, 0) is 19.3 Å². The first kappa shape index (κ1) is 25.4. The number of hydrogen-bond donors (Lipinski definition) is 2. The minimum atomic E-state index is -0.118. The molecule has 3 nitrogen and oxygen atoms in total. The van der Waals surface area contributed by atoms with Crippen molar-refractivity contribution in [2.75, 3.05) is 6.61 Å². The average Bonchev–Trinajstić information content (AvgIpc) is 2.60. The van der Waals surface area contributed by atoms with Gasteiger partial charge >= 0.3 is 0 Å². The molecule has 0 aromatic carbocycles. The first-order valence-corrected chi connectivity index (χ1v) is 11.5. The zero-order chi connectivity index (χ0) is 19.5. The number of nitrogens with one attached hydrogen (secondary N) is 1. The van der Waals surface area contributed by atoms with Crippen LogP contribution in [0.25, 0.3) is 0 Å². The Morgan fingerprint density at radius 3 is 1.46 bits per heavy atom. The molecule has 0 aromatic heterocycles. The van der Waals surface area contributed by atoms with E-state index >= 15 is 0 Å². The second kappa shape index (κ2) is 19.2. The Labute approximate surface area is 163 Å². The summed E-state index contributed by atoms with van der Waals surface area (Å²) in [6.07, 6.45) is 20.8. The largest absolute Gasteiger partial charge is 0.394 e. The van der Waals surface area contributed by atoms with Crippen LogP contribution >= 0.6 is 0 Å². The smallest absolute Gasteiger partial charge is 0.220 e. The fourth-order valence-corrected chi connectivity index (χ4v) is 3.35. The molecule has 0 fully saturated rings. The molecule has 0 bridgehead atoms. The molecular formula is C23H47NO2. The lowest BCUT2D eigenvalue weighted by molar-refractivity contribution is -0.122. The number of carbonyl (C=O) groups excluding carboxylic acids is 1. The highest BCUT2D eigenvalue weighted by molar-refractivity contribution is 5.76. The molecule has 0 heterocycles. The quantitative estimate of drug-likeness (QED) is 0.259. The van der Waals surface area contributed by atoms with Crippen molar-refractivity contribution < 1.29 is 9.90 Å². The second-order valence-corrected chi connectivity index (χ2v) is 8.53. The Morgan fingerprint density at radius 1 is 0.692 bits per heavy atom. The molecule has 3 heteroatoms. The van der Waals surface area contributed by atoms with Gasteiger partial charge < -0.3 is 10.4 Å². The van der Waals surface area contributed by atoms with E-state index in [0.29, 0.717) is 6.42 Å². The van der Waals surface area contributed by atoms with Gasteiger partial charge in [-0.2, -0.15) is 0 Å². The van der Waals surface area contributed by atoms with Crippen LogP contribution in [0.4, 0.5) is 0 Å². The summed E-state index contributed by atoms with van der Waals surface area (Å²) in [6.45, 7) is 6.48. The number of aliphatic hydroxyl groups excluding tert-OH is 1. The van der Waals surface area contributed by atoms with E-state index in [4.69, 9.17) is 5.11 Å². The van der Waals surface area contributed by atoms with Crippen LogP contribution in [0, 0.1) is 5.92 Å². The standard InChI is InChI=1S/C23H47NO2/c1-21(2)18-16-14-12-10-8-6-4-5-7-9-11-13-15-17-19-23(26)24-22(3)20-25/h21-22,25H,4-20H2,1-3H3,(H,24,26). The van der Waals surface area contributed by atoms with Crippen LogP contribution in [0.1, 0.15) is 124 Å². The van der Waals surface area contributed by atoms with Crippen LogP contribution in [0.3, 0.4) is 0 Å². The average molecular weight is 370 g/mol. The first-order chi connectivity index (χ1) is 12.6. The lowest BCUT2D eigenvalue weighted by Crippen LogP contribution is -2.34. The van der Waals surface area contributed by atoms with Crippen LogP contribution < -0.4 is 5.32 Å². The van der Waals surface area contributed by atoms with E-state index in [2.05, 4.69) is 19.2 Å². The van der Waals surface area contributed by atoms with E-state index in [0.717, 1.165) is 18.8 Å². The normalized spacial score (nSPS) is 12.5. The molecule has 0 aliphatic heterocycles. The van der Waals surface area contributed by atoms with Crippen molar-refractivity contribution in [1.82, 2.24) is 5.32 Å². The topological polar surface area (TPSA) is 49.3 Å². The van der Waals surface area contributed by atoms with Gasteiger partial charge in [-0.1, -0.05) is 104 Å². The molecule has 0 aromatic rings. The molecule has 0 spiro atoms. The number of aliphatic hydroxyl groups is 1. The Kier molecular flexibility index (Phi) is 18.8. The fraction of sp³-hybridized carbons (Fsp3) is 0.957. The van der Waals surface area contributed by atoms with Crippen LogP contribution in [0.15, 0.2) is 0 Å². The third-order valence-electron chi connectivity index (χ3n) is 5.12. The maximum atomic E-state index is 11.6. The van der Waals surface area contributed by atoms with Crippen molar-refractivity contribution in [3.8, 4) is 0 Å². The summed E-state index contributed by atoms with van der Waals surface area (Å²) in [6, 6.07) is -0.118. The molecule has 1 atom stereocenters. The molecule has 156 valence electrons. The van der Waals surface area contributed by atoms with Crippen molar-refractivity contribution >= 4 is 5.91 Å². The Bertz CT molecular complexity index is 305. The zero-order valence-electron chi connectivity index (χ0n) is 18.0. The highest BCUT2D eigenvalue weighted by Crippen LogP contribution is 2.14. The van der Waals surface area contributed by atoms with Crippen molar-refractivity contribution in [2.45, 2.75) is 130 Å². The molecule has 2 N–H and O–H groups in total. The van der Waals surface area contributed by atoms with Gasteiger partial charge in [-0.25, -0.2) is 0 Å². The summed E-state index contributed by atoms with van der Waals surface area (Å²) in [5, 5.41) is 11.7. The third kappa shape index (κ3) is 19.8. The molecule has 0 rings (SSSR count). The zero-order valence-corrected chi connectivity index (χ0v) is 18.0. The predicted octanol–water partition coefficient (Wildman–Crippen LogP) is 6.38. The number of rotatable bonds is 19. The summed E-state index contributed by atoms with van der Waals surface area (Å²) in [4.78, 5) is 11.6. The molecule has 1 unspecified atom stereocenters. The van der Waals surface area contributed by atoms with E-state index in [9.17, 15) is 4.79 Å². The predicted molar refractivity (Wildman–Crippen MR) is 113 cm³/mol. The SMILES string of the molecule is CC(C)CCCCCCCCCCCCCCCCC(=O)NC(C)CO. The molecule has 26 heavy (non-hydrogen) atoms.